The summed E-state index contributed by atoms with van der Waals surface area (Å²) in [5, 5.41) is 0. The molecule has 25 heavy (non-hydrogen) atoms. The standard InChI is InChI=1S/C20H20N2O3/c21-19(23)13-9-11-22(12-10-13)20(24)18-14-5-1-3-7-16(14)25-17-8-4-2-6-15(17)18/h1-8,13,18H,9-12H2,(H2,21,23). The summed E-state index contributed by atoms with van der Waals surface area (Å²) < 4.78 is 5.96. The highest BCUT2D eigenvalue weighted by Gasteiger charge is 2.36. The molecule has 0 radical (unpaired) electrons. The van der Waals surface area contributed by atoms with E-state index < -0.39 is 0 Å². The minimum atomic E-state index is -0.369. The van der Waals surface area contributed by atoms with Crippen molar-refractivity contribution >= 4 is 11.8 Å². The van der Waals surface area contributed by atoms with Crippen LogP contribution in [0.15, 0.2) is 48.5 Å². The molecule has 1 fully saturated rings. The first kappa shape index (κ1) is 15.7. The average Bonchev–Trinajstić information content (AvgIpc) is 2.65. The molecule has 2 aromatic carbocycles. The zero-order chi connectivity index (χ0) is 17.4. The Hall–Kier alpha value is -2.82. The molecular formula is C20H20N2O3. The van der Waals surface area contributed by atoms with Crippen molar-refractivity contribution in [3.63, 3.8) is 0 Å². The molecule has 0 atom stereocenters. The summed E-state index contributed by atoms with van der Waals surface area (Å²) >= 11 is 0. The van der Waals surface area contributed by atoms with E-state index in [0.717, 1.165) is 22.6 Å². The van der Waals surface area contributed by atoms with Crippen molar-refractivity contribution in [1.29, 1.82) is 0 Å². The Morgan fingerprint density at radius 3 is 1.96 bits per heavy atom. The molecule has 1 saturated heterocycles. The second kappa shape index (κ2) is 6.24. The average molecular weight is 336 g/mol. The maximum Gasteiger partial charge on any atom is 0.234 e. The van der Waals surface area contributed by atoms with Crippen LogP contribution in [0.3, 0.4) is 0 Å². The lowest BCUT2D eigenvalue weighted by molar-refractivity contribution is -0.135. The summed E-state index contributed by atoms with van der Waals surface area (Å²) in [7, 11) is 0. The first-order valence-corrected chi connectivity index (χ1v) is 8.59. The van der Waals surface area contributed by atoms with Crippen molar-refractivity contribution in [2.24, 2.45) is 11.7 Å². The van der Waals surface area contributed by atoms with Gasteiger partial charge in [0.2, 0.25) is 11.8 Å². The number of carbonyl (C=O) groups excluding carboxylic acids is 2. The molecule has 2 aliphatic heterocycles. The monoisotopic (exact) mass is 336 g/mol. The van der Waals surface area contributed by atoms with Crippen molar-refractivity contribution in [2.75, 3.05) is 13.1 Å². The number of piperidine rings is 1. The number of rotatable bonds is 2. The van der Waals surface area contributed by atoms with Gasteiger partial charge in [0.1, 0.15) is 11.5 Å². The van der Waals surface area contributed by atoms with Crippen molar-refractivity contribution in [3.8, 4) is 11.5 Å². The van der Waals surface area contributed by atoms with E-state index in [1.54, 1.807) is 0 Å². The van der Waals surface area contributed by atoms with Gasteiger partial charge in [0.15, 0.2) is 0 Å². The molecule has 0 aromatic heterocycles. The van der Waals surface area contributed by atoms with Gasteiger partial charge >= 0.3 is 0 Å². The largest absolute Gasteiger partial charge is 0.457 e. The number of carbonyl (C=O) groups is 2. The molecule has 2 aliphatic rings. The fourth-order valence-electron chi connectivity index (χ4n) is 3.74. The van der Waals surface area contributed by atoms with E-state index in [4.69, 9.17) is 10.5 Å². The van der Waals surface area contributed by atoms with E-state index in [1.807, 2.05) is 53.4 Å². The van der Waals surface area contributed by atoms with Gasteiger partial charge in [-0.2, -0.15) is 0 Å². The van der Waals surface area contributed by atoms with E-state index in [-0.39, 0.29) is 23.7 Å². The Bertz CT molecular complexity index is 780. The lowest BCUT2D eigenvalue weighted by atomic mass is 9.86. The van der Waals surface area contributed by atoms with Crippen LogP contribution in [0.1, 0.15) is 29.9 Å². The number of hydrogen-bond acceptors (Lipinski definition) is 3. The van der Waals surface area contributed by atoms with Crippen molar-refractivity contribution < 1.29 is 14.3 Å². The summed E-state index contributed by atoms with van der Waals surface area (Å²) in [6, 6.07) is 15.4. The molecule has 2 aromatic rings. The fourth-order valence-corrected chi connectivity index (χ4v) is 3.74. The molecule has 0 saturated carbocycles. The Morgan fingerprint density at radius 1 is 0.920 bits per heavy atom. The number of benzene rings is 2. The molecule has 128 valence electrons. The van der Waals surface area contributed by atoms with Gasteiger partial charge in [0.05, 0.1) is 5.92 Å². The van der Waals surface area contributed by atoms with Gasteiger partial charge < -0.3 is 15.4 Å². The van der Waals surface area contributed by atoms with Crippen LogP contribution in [0.4, 0.5) is 0 Å². The van der Waals surface area contributed by atoms with E-state index >= 15 is 0 Å². The Balaban J connectivity index is 1.66. The number of nitrogens with zero attached hydrogens (tertiary/aromatic N) is 1. The minimum Gasteiger partial charge on any atom is -0.457 e. The van der Waals surface area contributed by atoms with Gasteiger partial charge in [-0.1, -0.05) is 36.4 Å². The molecule has 0 bridgehead atoms. The predicted octanol–water partition coefficient (Wildman–Crippen LogP) is 2.65. The molecule has 4 rings (SSSR count). The van der Waals surface area contributed by atoms with Crippen LogP contribution in [-0.4, -0.2) is 29.8 Å². The van der Waals surface area contributed by atoms with Crippen LogP contribution in [0.5, 0.6) is 11.5 Å². The van der Waals surface area contributed by atoms with Crippen molar-refractivity contribution in [2.45, 2.75) is 18.8 Å². The SMILES string of the molecule is NC(=O)C1CCN(C(=O)C2c3ccccc3Oc3ccccc32)CC1. The number of likely N-dealkylation sites (tertiary alicyclic amines) is 1. The topological polar surface area (TPSA) is 72.6 Å². The maximum atomic E-state index is 13.3. The molecule has 2 amide bonds. The van der Waals surface area contributed by atoms with Gasteiger partial charge in [-0.3, -0.25) is 9.59 Å². The van der Waals surface area contributed by atoms with Gasteiger partial charge in [-0.05, 0) is 25.0 Å². The summed E-state index contributed by atoms with van der Waals surface area (Å²) in [6.07, 6.45) is 1.27. The number of fused-ring (bicyclic) bond motifs is 2. The third-order valence-electron chi connectivity index (χ3n) is 5.14. The molecule has 2 N–H and O–H groups in total. The minimum absolute atomic E-state index is 0.0612. The lowest BCUT2D eigenvalue weighted by Gasteiger charge is -2.35. The van der Waals surface area contributed by atoms with Crippen LogP contribution >= 0.6 is 0 Å². The molecule has 2 heterocycles. The van der Waals surface area contributed by atoms with E-state index in [2.05, 4.69) is 0 Å². The molecule has 0 aliphatic carbocycles. The number of hydrogen-bond donors (Lipinski definition) is 1. The summed E-state index contributed by atoms with van der Waals surface area (Å²) in [4.78, 5) is 26.5. The molecule has 5 heteroatoms. The lowest BCUT2D eigenvalue weighted by Crippen LogP contribution is -2.44. The first-order valence-electron chi connectivity index (χ1n) is 8.59. The van der Waals surface area contributed by atoms with Crippen LogP contribution in [0.25, 0.3) is 0 Å². The number of amides is 2. The molecule has 5 nitrogen and oxygen atoms in total. The number of para-hydroxylation sites is 2. The van der Waals surface area contributed by atoms with Crippen molar-refractivity contribution in [1.82, 2.24) is 4.90 Å². The van der Waals surface area contributed by atoms with Crippen LogP contribution in [0.2, 0.25) is 0 Å². The Labute approximate surface area is 146 Å². The highest BCUT2D eigenvalue weighted by Crippen LogP contribution is 2.44. The summed E-state index contributed by atoms with van der Waals surface area (Å²) in [5.74, 6) is 0.753. The molecular weight excluding hydrogens is 316 g/mol. The maximum absolute atomic E-state index is 13.3. The Kier molecular flexibility index (Phi) is 3.92. The van der Waals surface area contributed by atoms with Crippen LogP contribution in [0, 0.1) is 5.92 Å². The summed E-state index contributed by atoms with van der Waals surface area (Å²) in [6.45, 7) is 1.13. The van der Waals surface area contributed by atoms with Crippen LogP contribution < -0.4 is 10.5 Å². The smallest absolute Gasteiger partial charge is 0.234 e. The summed E-state index contributed by atoms with van der Waals surface area (Å²) in [5.41, 5.74) is 7.18. The quantitative estimate of drug-likeness (QED) is 0.916. The zero-order valence-electron chi connectivity index (χ0n) is 13.9. The normalized spacial score (nSPS) is 17.4. The first-order chi connectivity index (χ1) is 12.1. The zero-order valence-corrected chi connectivity index (χ0v) is 13.9. The van der Waals surface area contributed by atoms with Gasteiger partial charge in [-0.15, -0.1) is 0 Å². The second-order valence-corrected chi connectivity index (χ2v) is 6.61. The van der Waals surface area contributed by atoms with E-state index in [9.17, 15) is 9.59 Å². The number of ether oxygens (including phenoxy) is 1. The predicted molar refractivity (Wildman–Crippen MR) is 93.3 cm³/mol. The van der Waals surface area contributed by atoms with E-state index in [1.165, 1.54) is 0 Å². The number of primary amides is 1. The molecule has 0 spiro atoms. The van der Waals surface area contributed by atoms with Gasteiger partial charge in [-0.25, -0.2) is 0 Å². The van der Waals surface area contributed by atoms with E-state index in [0.29, 0.717) is 25.9 Å². The third-order valence-corrected chi connectivity index (χ3v) is 5.14. The van der Waals surface area contributed by atoms with Gasteiger partial charge in [0.25, 0.3) is 0 Å². The van der Waals surface area contributed by atoms with Crippen molar-refractivity contribution in [3.05, 3.63) is 59.7 Å². The highest BCUT2D eigenvalue weighted by atomic mass is 16.5. The van der Waals surface area contributed by atoms with Crippen LogP contribution in [-0.2, 0) is 9.59 Å². The second-order valence-electron chi connectivity index (χ2n) is 6.61. The fraction of sp³-hybridized carbons (Fsp3) is 0.300. The number of nitrogens with two attached hydrogens (primary N) is 1. The molecule has 0 unspecified atom stereocenters. The Morgan fingerprint density at radius 2 is 1.44 bits per heavy atom. The third kappa shape index (κ3) is 2.76. The van der Waals surface area contributed by atoms with Gasteiger partial charge in [0, 0.05) is 30.1 Å². The highest BCUT2D eigenvalue weighted by molar-refractivity contribution is 5.90.